The summed E-state index contributed by atoms with van der Waals surface area (Å²) in [5.74, 6) is 0.997. The van der Waals surface area contributed by atoms with Crippen LogP contribution in [0, 0.1) is 0 Å². The lowest BCUT2D eigenvalue weighted by atomic mass is 10.5. The van der Waals surface area contributed by atoms with E-state index in [4.69, 9.17) is 12.2 Å². The number of nitrogens with zero attached hydrogens (tertiary/aromatic N) is 1. The summed E-state index contributed by atoms with van der Waals surface area (Å²) in [6.45, 7) is 2.06. The molecule has 0 aliphatic rings. The topological polar surface area (TPSA) is 28.7 Å². The summed E-state index contributed by atoms with van der Waals surface area (Å²) < 4.78 is 0.872. The van der Waals surface area contributed by atoms with Gasteiger partial charge in [0, 0.05) is 6.42 Å². The molecule has 2 nitrogen and oxygen atoms in total. The van der Waals surface area contributed by atoms with Gasteiger partial charge >= 0.3 is 0 Å². The number of imidazole rings is 1. The fraction of sp³-hybridized carbons (Fsp3) is 0.429. The predicted molar refractivity (Wildman–Crippen MR) is 53.2 cm³/mol. The SMILES string of the molecule is CCc1ncc(C(=S)SC)[nH]1. The maximum atomic E-state index is 5.07. The maximum absolute atomic E-state index is 5.07. The average Bonchev–Trinajstić information content (AvgIpc) is 2.50. The molecule has 11 heavy (non-hydrogen) atoms. The van der Waals surface area contributed by atoms with Gasteiger partial charge in [-0.15, -0.1) is 11.8 Å². The van der Waals surface area contributed by atoms with E-state index in [0.717, 1.165) is 22.1 Å². The lowest BCUT2D eigenvalue weighted by molar-refractivity contribution is 0.988. The molecule has 0 fully saturated rings. The Labute approximate surface area is 75.8 Å². The number of hydrogen-bond donors (Lipinski definition) is 1. The third-order valence-electron chi connectivity index (χ3n) is 1.37. The van der Waals surface area contributed by atoms with Gasteiger partial charge in [-0.05, 0) is 6.26 Å². The first-order chi connectivity index (χ1) is 5.27. The van der Waals surface area contributed by atoms with Crippen LogP contribution in [0.4, 0.5) is 0 Å². The Morgan fingerprint density at radius 2 is 2.55 bits per heavy atom. The maximum Gasteiger partial charge on any atom is 0.106 e. The molecule has 0 unspecified atom stereocenters. The standard InChI is InChI=1S/C7H10N2S2/c1-3-6-8-4-5(9-6)7(10)11-2/h4H,3H2,1-2H3,(H,8,9). The van der Waals surface area contributed by atoms with Gasteiger partial charge in [-0.3, -0.25) is 0 Å². The number of aromatic amines is 1. The molecule has 0 atom stereocenters. The number of thioether (sulfide) groups is 1. The van der Waals surface area contributed by atoms with Crippen molar-refractivity contribution in [1.29, 1.82) is 0 Å². The zero-order valence-electron chi connectivity index (χ0n) is 6.55. The molecule has 0 spiro atoms. The van der Waals surface area contributed by atoms with Crippen LogP contribution in [-0.2, 0) is 6.42 Å². The van der Waals surface area contributed by atoms with Gasteiger partial charge in [-0.2, -0.15) is 0 Å². The van der Waals surface area contributed by atoms with Crippen LogP contribution >= 0.6 is 24.0 Å². The molecule has 0 aliphatic carbocycles. The number of H-pyrrole nitrogens is 1. The number of rotatable bonds is 2. The van der Waals surface area contributed by atoms with E-state index in [9.17, 15) is 0 Å². The van der Waals surface area contributed by atoms with E-state index < -0.39 is 0 Å². The minimum absolute atomic E-state index is 0.872. The lowest BCUT2D eigenvalue weighted by Gasteiger charge is -1.92. The average molecular weight is 186 g/mol. The molecule has 0 bridgehead atoms. The van der Waals surface area contributed by atoms with Crippen molar-refractivity contribution >= 4 is 28.2 Å². The number of nitrogens with one attached hydrogen (secondary N) is 1. The molecular formula is C7H10N2S2. The normalized spacial score (nSPS) is 10.0. The lowest BCUT2D eigenvalue weighted by Crippen LogP contribution is -1.90. The monoisotopic (exact) mass is 186 g/mol. The van der Waals surface area contributed by atoms with E-state index in [1.54, 1.807) is 18.0 Å². The Hall–Kier alpha value is -0.350. The van der Waals surface area contributed by atoms with Crippen molar-refractivity contribution in [2.24, 2.45) is 0 Å². The van der Waals surface area contributed by atoms with E-state index >= 15 is 0 Å². The molecule has 1 rings (SSSR count). The van der Waals surface area contributed by atoms with Crippen molar-refractivity contribution < 1.29 is 0 Å². The fourth-order valence-electron chi connectivity index (χ4n) is 0.756. The molecule has 0 radical (unpaired) electrons. The summed E-state index contributed by atoms with van der Waals surface area (Å²) in [6, 6.07) is 0. The first-order valence-electron chi connectivity index (χ1n) is 3.40. The van der Waals surface area contributed by atoms with Gasteiger partial charge in [-0.25, -0.2) is 4.98 Å². The number of aryl methyl sites for hydroxylation is 1. The van der Waals surface area contributed by atoms with E-state index in [0.29, 0.717) is 0 Å². The summed E-state index contributed by atoms with van der Waals surface area (Å²) in [5, 5.41) is 0. The van der Waals surface area contributed by atoms with Gasteiger partial charge in [0.1, 0.15) is 5.82 Å². The molecule has 1 N–H and O–H groups in total. The highest BCUT2D eigenvalue weighted by atomic mass is 32.2. The van der Waals surface area contributed by atoms with E-state index in [2.05, 4.69) is 16.9 Å². The van der Waals surface area contributed by atoms with Crippen LogP contribution in [0.25, 0.3) is 0 Å². The van der Waals surface area contributed by atoms with E-state index in [1.165, 1.54) is 0 Å². The summed E-state index contributed by atoms with van der Waals surface area (Å²) in [5.41, 5.74) is 0.962. The Morgan fingerprint density at radius 1 is 1.82 bits per heavy atom. The minimum atomic E-state index is 0.872. The molecule has 0 aliphatic heterocycles. The molecule has 0 amide bonds. The molecule has 4 heteroatoms. The highest BCUT2D eigenvalue weighted by molar-refractivity contribution is 8.23. The molecule has 60 valence electrons. The smallest absolute Gasteiger partial charge is 0.106 e. The number of thiocarbonyl (C=S) groups is 1. The van der Waals surface area contributed by atoms with Crippen LogP contribution in [0.15, 0.2) is 6.20 Å². The third kappa shape index (κ3) is 2.04. The summed E-state index contributed by atoms with van der Waals surface area (Å²) in [6.07, 6.45) is 4.68. The Balaban J connectivity index is 2.80. The fourth-order valence-corrected chi connectivity index (χ4v) is 1.18. The van der Waals surface area contributed by atoms with Crippen LogP contribution in [0.5, 0.6) is 0 Å². The predicted octanol–water partition coefficient (Wildman–Crippen LogP) is 2.01. The van der Waals surface area contributed by atoms with Crippen molar-refractivity contribution in [3.63, 3.8) is 0 Å². The van der Waals surface area contributed by atoms with Gasteiger partial charge < -0.3 is 4.98 Å². The van der Waals surface area contributed by atoms with E-state index in [-0.39, 0.29) is 0 Å². The van der Waals surface area contributed by atoms with Crippen molar-refractivity contribution in [2.45, 2.75) is 13.3 Å². The molecule has 1 aromatic rings. The highest BCUT2D eigenvalue weighted by Crippen LogP contribution is 2.08. The summed E-state index contributed by atoms with van der Waals surface area (Å²) >= 11 is 6.64. The van der Waals surface area contributed by atoms with Crippen LogP contribution in [0.1, 0.15) is 18.4 Å². The van der Waals surface area contributed by atoms with Crippen molar-refractivity contribution in [3.8, 4) is 0 Å². The largest absolute Gasteiger partial charge is 0.341 e. The Kier molecular flexibility index (Phi) is 3.08. The molecule has 0 saturated heterocycles. The van der Waals surface area contributed by atoms with Crippen LogP contribution < -0.4 is 0 Å². The van der Waals surface area contributed by atoms with Crippen LogP contribution in [0.3, 0.4) is 0 Å². The quantitative estimate of drug-likeness (QED) is 0.716. The van der Waals surface area contributed by atoms with Gasteiger partial charge in [0.25, 0.3) is 0 Å². The van der Waals surface area contributed by atoms with Crippen LogP contribution in [-0.4, -0.2) is 20.4 Å². The van der Waals surface area contributed by atoms with Gasteiger partial charge in [0.15, 0.2) is 0 Å². The summed E-state index contributed by atoms with van der Waals surface area (Å²) in [4.78, 5) is 7.29. The molecular weight excluding hydrogens is 176 g/mol. The van der Waals surface area contributed by atoms with Gasteiger partial charge in [-0.1, -0.05) is 19.1 Å². The van der Waals surface area contributed by atoms with Crippen molar-refractivity contribution in [2.75, 3.05) is 6.26 Å². The number of hydrogen-bond acceptors (Lipinski definition) is 3. The second-order valence-electron chi connectivity index (χ2n) is 2.09. The van der Waals surface area contributed by atoms with Crippen LogP contribution in [0.2, 0.25) is 0 Å². The van der Waals surface area contributed by atoms with Crippen molar-refractivity contribution in [1.82, 2.24) is 9.97 Å². The zero-order valence-corrected chi connectivity index (χ0v) is 8.18. The number of aromatic nitrogens is 2. The Morgan fingerprint density at radius 3 is 3.00 bits per heavy atom. The molecule has 0 saturated carbocycles. The highest BCUT2D eigenvalue weighted by Gasteiger charge is 2.02. The van der Waals surface area contributed by atoms with E-state index in [1.807, 2.05) is 6.26 Å². The second-order valence-corrected chi connectivity index (χ2v) is 3.57. The van der Waals surface area contributed by atoms with Crippen molar-refractivity contribution in [3.05, 3.63) is 17.7 Å². The molecule has 1 aromatic heterocycles. The molecule has 0 aromatic carbocycles. The minimum Gasteiger partial charge on any atom is -0.341 e. The third-order valence-corrected chi connectivity index (χ3v) is 2.68. The summed E-state index contributed by atoms with van der Waals surface area (Å²) in [7, 11) is 0. The second kappa shape index (κ2) is 3.88. The zero-order chi connectivity index (χ0) is 8.27. The Bertz CT molecular complexity index is 255. The first kappa shape index (κ1) is 8.74. The van der Waals surface area contributed by atoms with Gasteiger partial charge in [0.2, 0.25) is 0 Å². The first-order valence-corrected chi connectivity index (χ1v) is 5.03. The van der Waals surface area contributed by atoms with Gasteiger partial charge in [0.05, 0.1) is 16.1 Å². The molecule has 1 heterocycles.